The van der Waals surface area contributed by atoms with Crippen molar-refractivity contribution in [2.75, 3.05) is 5.32 Å². The molecule has 1 heterocycles. The summed E-state index contributed by atoms with van der Waals surface area (Å²) in [5, 5.41) is 3.40. The number of nitrogens with zero attached hydrogens (tertiary/aromatic N) is 1. The quantitative estimate of drug-likeness (QED) is 0.475. The van der Waals surface area contributed by atoms with Crippen molar-refractivity contribution in [1.82, 2.24) is 4.98 Å². The third-order valence-corrected chi connectivity index (χ3v) is 4.51. The van der Waals surface area contributed by atoms with Crippen molar-refractivity contribution in [2.45, 2.75) is 13.8 Å². The normalized spacial score (nSPS) is 10.9. The summed E-state index contributed by atoms with van der Waals surface area (Å²) in [7, 11) is 0. The lowest BCUT2D eigenvalue weighted by Gasteiger charge is -2.06. The Balaban J connectivity index is 1.65. The molecule has 5 heteroatoms. The van der Waals surface area contributed by atoms with E-state index in [4.69, 9.17) is 16.0 Å². The standard InChI is InChI=1S/C22H17ClN2O2/c1-13-9-14(2)20-19(10-13)25-22(27-20)16-6-4-8-18(12-16)24-21(26)15-5-3-7-17(23)11-15/h3-12H,1-2H3,(H,24,26). The zero-order valence-corrected chi connectivity index (χ0v) is 15.7. The van der Waals surface area contributed by atoms with E-state index in [1.165, 1.54) is 0 Å². The number of anilines is 1. The number of carbonyl (C=O) groups is 1. The van der Waals surface area contributed by atoms with Crippen LogP contribution >= 0.6 is 11.6 Å². The van der Waals surface area contributed by atoms with E-state index in [0.717, 1.165) is 27.8 Å². The van der Waals surface area contributed by atoms with Gasteiger partial charge in [-0.25, -0.2) is 4.98 Å². The first-order valence-electron chi connectivity index (χ1n) is 8.55. The Bertz CT molecular complexity index is 1160. The molecular weight excluding hydrogens is 360 g/mol. The minimum atomic E-state index is -0.223. The number of benzene rings is 3. The number of oxazole rings is 1. The molecule has 4 aromatic rings. The van der Waals surface area contributed by atoms with E-state index < -0.39 is 0 Å². The van der Waals surface area contributed by atoms with E-state index >= 15 is 0 Å². The number of aryl methyl sites for hydroxylation is 2. The van der Waals surface area contributed by atoms with Crippen LogP contribution in [-0.2, 0) is 0 Å². The molecule has 0 aliphatic rings. The molecular formula is C22H17ClN2O2. The van der Waals surface area contributed by atoms with Gasteiger partial charge in [0, 0.05) is 21.8 Å². The van der Waals surface area contributed by atoms with Gasteiger partial charge in [0.05, 0.1) is 0 Å². The maximum absolute atomic E-state index is 12.4. The molecule has 0 saturated heterocycles. The molecule has 0 spiro atoms. The molecule has 4 nitrogen and oxygen atoms in total. The Labute approximate surface area is 161 Å². The summed E-state index contributed by atoms with van der Waals surface area (Å²) < 4.78 is 5.96. The van der Waals surface area contributed by atoms with Crippen molar-refractivity contribution < 1.29 is 9.21 Å². The number of halogens is 1. The number of hydrogen-bond acceptors (Lipinski definition) is 3. The van der Waals surface area contributed by atoms with Crippen LogP contribution in [0.2, 0.25) is 5.02 Å². The van der Waals surface area contributed by atoms with Gasteiger partial charge in [-0.15, -0.1) is 0 Å². The monoisotopic (exact) mass is 376 g/mol. The second kappa shape index (κ2) is 6.89. The lowest BCUT2D eigenvalue weighted by Crippen LogP contribution is -2.11. The van der Waals surface area contributed by atoms with Crippen LogP contribution in [0, 0.1) is 13.8 Å². The van der Waals surface area contributed by atoms with Crippen molar-refractivity contribution in [2.24, 2.45) is 0 Å². The summed E-state index contributed by atoms with van der Waals surface area (Å²) in [6.45, 7) is 4.04. The molecule has 0 radical (unpaired) electrons. The Hall–Kier alpha value is -3.11. The van der Waals surface area contributed by atoms with Crippen LogP contribution in [-0.4, -0.2) is 10.9 Å². The molecule has 1 aromatic heterocycles. The molecule has 0 bridgehead atoms. The molecule has 1 amide bonds. The topological polar surface area (TPSA) is 55.1 Å². The maximum Gasteiger partial charge on any atom is 0.255 e. The van der Waals surface area contributed by atoms with Gasteiger partial charge in [0.1, 0.15) is 5.52 Å². The summed E-state index contributed by atoms with van der Waals surface area (Å²) in [6, 6.07) is 18.3. The molecule has 134 valence electrons. The van der Waals surface area contributed by atoms with E-state index in [0.29, 0.717) is 22.2 Å². The third-order valence-electron chi connectivity index (χ3n) is 4.27. The highest BCUT2D eigenvalue weighted by Gasteiger charge is 2.12. The van der Waals surface area contributed by atoms with Crippen molar-refractivity contribution in [3.05, 3.63) is 82.4 Å². The van der Waals surface area contributed by atoms with Crippen LogP contribution < -0.4 is 5.32 Å². The summed E-state index contributed by atoms with van der Waals surface area (Å²) in [5.74, 6) is 0.302. The molecule has 0 fully saturated rings. The largest absolute Gasteiger partial charge is 0.436 e. The Kier molecular flexibility index (Phi) is 4.42. The van der Waals surface area contributed by atoms with Crippen LogP contribution in [0.15, 0.2) is 65.1 Å². The van der Waals surface area contributed by atoms with Gasteiger partial charge in [-0.2, -0.15) is 0 Å². The number of aromatic nitrogens is 1. The average molecular weight is 377 g/mol. The second-order valence-electron chi connectivity index (χ2n) is 6.49. The fourth-order valence-corrected chi connectivity index (χ4v) is 3.25. The molecule has 0 saturated carbocycles. The van der Waals surface area contributed by atoms with Gasteiger partial charge in [-0.05, 0) is 67.4 Å². The number of hydrogen-bond donors (Lipinski definition) is 1. The van der Waals surface area contributed by atoms with Crippen LogP contribution in [0.5, 0.6) is 0 Å². The van der Waals surface area contributed by atoms with Crippen LogP contribution in [0.3, 0.4) is 0 Å². The number of rotatable bonds is 3. The predicted octanol–water partition coefficient (Wildman–Crippen LogP) is 6.02. The van der Waals surface area contributed by atoms with Crippen LogP contribution in [0.1, 0.15) is 21.5 Å². The van der Waals surface area contributed by atoms with Gasteiger partial charge >= 0.3 is 0 Å². The highest BCUT2D eigenvalue weighted by Crippen LogP contribution is 2.29. The number of fused-ring (bicyclic) bond motifs is 1. The summed E-state index contributed by atoms with van der Waals surface area (Å²) in [5.41, 5.74) is 5.76. The van der Waals surface area contributed by atoms with E-state index in [1.807, 2.05) is 44.2 Å². The van der Waals surface area contributed by atoms with E-state index in [1.54, 1.807) is 24.3 Å². The zero-order valence-electron chi connectivity index (χ0n) is 14.9. The first-order valence-corrected chi connectivity index (χ1v) is 8.92. The Morgan fingerprint density at radius 2 is 1.85 bits per heavy atom. The van der Waals surface area contributed by atoms with Gasteiger partial charge in [0.2, 0.25) is 5.89 Å². The minimum absolute atomic E-state index is 0.223. The van der Waals surface area contributed by atoms with Gasteiger partial charge in [0.25, 0.3) is 5.91 Å². The minimum Gasteiger partial charge on any atom is -0.436 e. The highest BCUT2D eigenvalue weighted by atomic mass is 35.5. The van der Waals surface area contributed by atoms with Crippen molar-refractivity contribution >= 4 is 34.3 Å². The van der Waals surface area contributed by atoms with Crippen LogP contribution in [0.25, 0.3) is 22.6 Å². The number of nitrogens with one attached hydrogen (secondary N) is 1. The molecule has 0 unspecified atom stereocenters. The van der Waals surface area contributed by atoms with E-state index in [-0.39, 0.29) is 5.91 Å². The maximum atomic E-state index is 12.4. The number of carbonyl (C=O) groups excluding carboxylic acids is 1. The first kappa shape index (κ1) is 17.3. The summed E-state index contributed by atoms with van der Waals surface area (Å²) in [6.07, 6.45) is 0. The Morgan fingerprint density at radius 1 is 1.04 bits per heavy atom. The van der Waals surface area contributed by atoms with Crippen molar-refractivity contribution in [3.8, 4) is 11.5 Å². The predicted molar refractivity (Wildman–Crippen MR) is 108 cm³/mol. The van der Waals surface area contributed by atoms with E-state index in [9.17, 15) is 4.79 Å². The second-order valence-corrected chi connectivity index (χ2v) is 6.93. The molecule has 0 atom stereocenters. The molecule has 3 aromatic carbocycles. The fraction of sp³-hybridized carbons (Fsp3) is 0.0909. The van der Waals surface area contributed by atoms with Gasteiger partial charge in [-0.1, -0.05) is 29.8 Å². The molecule has 0 aliphatic heterocycles. The summed E-state index contributed by atoms with van der Waals surface area (Å²) >= 11 is 5.96. The van der Waals surface area contributed by atoms with Crippen molar-refractivity contribution in [3.63, 3.8) is 0 Å². The molecule has 1 N–H and O–H groups in total. The SMILES string of the molecule is Cc1cc(C)c2oc(-c3cccc(NC(=O)c4cccc(Cl)c4)c3)nc2c1. The lowest BCUT2D eigenvalue weighted by atomic mass is 10.1. The van der Waals surface area contributed by atoms with Crippen LogP contribution in [0.4, 0.5) is 5.69 Å². The Morgan fingerprint density at radius 3 is 2.67 bits per heavy atom. The molecule has 4 rings (SSSR count). The van der Waals surface area contributed by atoms with Gasteiger partial charge < -0.3 is 9.73 Å². The van der Waals surface area contributed by atoms with E-state index in [2.05, 4.69) is 16.4 Å². The summed E-state index contributed by atoms with van der Waals surface area (Å²) in [4.78, 5) is 17.0. The lowest BCUT2D eigenvalue weighted by molar-refractivity contribution is 0.102. The third kappa shape index (κ3) is 3.57. The zero-order chi connectivity index (χ0) is 19.0. The molecule has 27 heavy (non-hydrogen) atoms. The fourth-order valence-electron chi connectivity index (χ4n) is 3.06. The smallest absolute Gasteiger partial charge is 0.255 e. The number of amides is 1. The first-order chi connectivity index (χ1) is 13.0. The van der Waals surface area contributed by atoms with Crippen molar-refractivity contribution in [1.29, 1.82) is 0 Å². The van der Waals surface area contributed by atoms with Gasteiger partial charge in [-0.3, -0.25) is 4.79 Å². The highest BCUT2D eigenvalue weighted by molar-refractivity contribution is 6.31. The van der Waals surface area contributed by atoms with Gasteiger partial charge in [0.15, 0.2) is 5.58 Å². The average Bonchev–Trinajstić information content (AvgIpc) is 3.06. The molecule has 0 aliphatic carbocycles.